The van der Waals surface area contributed by atoms with Gasteiger partial charge in [0, 0.05) is 17.5 Å². The molecule has 0 aliphatic carbocycles. The molecule has 0 saturated carbocycles. The van der Waals surface area contributed by atoms with Crippen LogP contribution in [-0.4, -0.2) is 23.2 Å². The number of likely N-dealkylation sites (N-methyl/N-ethyl adjacent to an activating group) is 1. The first kappa shape index (κ1) is 15.9. The Morgan fingerprint density at radius 1 is 1.43 bits per heavy atom. The van der Waals surface area contributed by atoms with Crippen LogP contribution in [0, 0.1) is 5.82 Å². The summed E-state index contributed by atoms with van der Waals surface area (Å²) in [4.78, 5) is 4.42. The molecule has 4 nitrogen and oxygen atoms in total. The van der Waals surface area contributed by atoms with Gasteiger partial charge in [-0.1, -0.05) is 36.7 Å². The highest BCUT2D eigenvalue weighted by molar-refractivity contribution is 6.31. The summed E-state index contributed by atoms with van der Waals surface area (Å²) in [6, 6.07) is 4.58. The van der Waals surface area contributed by atoms with Gasteiger partial charge in [-0.3, -0.25) is 0 Å². The molecule has 2 atom stereocenters. The van der Waals surface area contributed by atoms with Crippen LogP contribution >= 0.6 is 11.6 Å². The van der Waals surface area contributed by atoms with Gasteiger partial charge in [0.15, 0.2) is 5.82 Å². The molecule has 1 aromatic carbocycles. The van der Waals surface area contributed by atoms with Crippen LogP contribution in [0.1, 0.15) is 43.5 Å². The number of halogens is 2. The van der Waals surface area contributed by atoms with Crippen molar-refractivity contribution in [2.75, 3.05) is 7.05 Å². The summed E-state index contributed by atoms with van der Waals surface area (Å²) in [6.07, 6.45) is 1.39. The molecule has 0 amide bonds. The van der Waals surface area contributed by atoms with E-state index in [-0.39, 0.29) is 17.8 Å². The summed E-state index contributed by atoms with van der Waals surface area (Å²) in [6.45, 7) is 4.15. The summed E-state index contributed by atoms with van der Waals surface area (Å²) in [5.41, 5.74) is 0.777. The smallest absolute Gasteiger partial charge is 0.231 e. The summed E-state index contributed by atoms with van der Waals surface area (Å²) in [5, 5.41) is 7.59. The molecular weight excluding hydrogens is 293 g/mol. The normalized spacial score (nSPS) is 14.1. The predicted molar refractivity (Wildman–Crippen MR) is 80.1 cm³/mol. The van der Waals surface area contributed by atoms with E-state index < -0.39 is 0 Å². The van der Waals surface area contributed by atoms with Gasteiger partial charge in [0.25, 0.3) is 0 Å². The van der Waals surface area contributed by atoms with Crippen molar-refractivity contribution in [3.63, 3.8) is 0 Å². The Morgan fingerprint density at radius 3 is 2.81 bits per heavy atom. The number of nitrogens with one attached hydrogen (secondary N) is 1. The molecule has 0 fully saturated rings. The Balaban J connectivity index is 2.13. The van der Waals surface area contributed by atoms with Crippen molar-refractivity contribution in [3.8, 4) is 0 Å². The molecule has 21 heavy (non-hydrogen) atoms. The molecule has 0 aliphatic heterocycles. The van der Waals surface area contributed by atoms with E-state index in [2.05, 4.69) is 22.4 Å². The minimum atomic E-state index is -0.356. The lowest BCUT2D eigenvalue weighted by Gasteiger charge is -2.18. The molecule has 0 spiro atoms. The lowest BCUT2D eigenvalue weighted by molar-refractivity contribution is 0.324. The van der Waals surface area contributed by atoms with E-state index in [0.717, 1.165) is 12.0 Å². The van der Waals surface area contributed by atoms with Crippen LogP contribution in [0.4, 0.5) is 4.39 Å². The number of hydrogen-bond donors (Lipinski definition) is 1. The van der Waals surface area contributed by atoms with Crippen molar-refractivity contribution in [3.05, 3.63) is 46.3 Å². The lowest BCUT2D eigenvalue weighted by atomic mass is 10.00. The fourth-order valence-electron chi connectivity index (χ4n) is 2.34. The molecule has 1 aromatic heterocycles. The molecule has 6 heteroatoms. The standard InChI is InChI=1S/C15H19ClFN3O/c1-4-13(18-3)9(2)15-19-14(20-21-15)7-10-5-6-11(17)8-12(10)16/h5-6,8-9,13,18H,4,7H2,1-3H3. The van der Waals surface area contributed by atoms with Crippen LogP contribution in [0.2, 0.25) is 5.02 Å². The van der Waals surface area contributed by atoms with E-state index in [0.29, 0.717) is 23.2 Å². The molecule has 1 heterocycles. The van der Waals surface area contributed by atoms with E-state index >= 15 is 0 Å². The van der Waals surface area contributed by atoms with Gasteiger partial charge >= 0.3 is 0 Å². The zero-order chi connectivity index (χ0) is 15.4. The Labute approximate surface area is 128 Å². The van der Waals surface area contributed by atoms with Gasteiger partial charge in [-0.2, -0.15) is 4.98 Å². The molecular formula is C15H19ClFN3O. The van der Waals surface area contributed by atoms with Crippen molar-refractivity contribution in [1.29, 1.82) is 0 Å². The SMILES string of the molecule is CCC(NC)C(C)c1nc(Cc2ccc(F)cc2Cl)no1. The molecule has 0 bridgehead atoms. The number of rotatable bonds is 6. The maximum atomic E-state index is 13.0. The van der Waals surface area contributed by atoms with Crippen LogP contribution in [0.25, 0.3) is 0 Å². The van der Waals surface area contributed by atoms with Gasteiger partial charge in [-0.05, 0) is 31.2 Å². The van der Waals surface area contributed by atoms with Crippen LogP contribution in [-0.2, 0) is 6.42 Å². The van der Waals surface area contributed by atoms with Crippen molar-refractivity contribution in [2.45, 2.75) is 38.6 Å². The summed E-state index contributed by atoms with van der Waals surface area (Å²) in [5.74, 6) is 0.927. The molecule has 2 aromatic rings. The fourth-order valence-corrected chi connectivity index (χ4v) is 2.57. The third-order valence-electron chi connectivity index (χ3n) is 3.65. The van der Waals surface area contributed by atoms with Crippen LogP contribution < -0.4 is 5.32 Å². The maximum Gasteiger partial charge on any atom is 0.231 e. The summed E-state index contributed by atoms with van der Waals surface area (Å²) in [7, 11) is 1.92. The second-order valence-corrected chi connectivity index (χ2v) is 5.46. The second kappa shape index (κ2) is 7.00. The maximum absolute atomic E-state index is 13.0. The van der Waals surface area contributed by atoms with E-state index in [1.165, 1.54) is 12.1 Å². The largest absolute Gasteiger partial charge is 0.339 e. The number of aromatic nitrogens is 2. The Kier molecular flexibility index (Phi) is 5.31. The topological polar surface area (TPSA) is 51.0 Å². The number of hydrogen-bond acceptors (Lipinski definition) is 4. The minimum absolute atomic E-state index is 0.130. The monoisotopic (exact) mass is 311 g/mol. The van der Waals surface area contributed by atoms with Crippen molar-refractivity contribution < 1.29 is 8.91 Å². The fraction of sp³-hybridized carbons (Fsp3) is 0.467. The molecule has 1 N–H and O–H groups in total. The van der Waals surface area contributed by atoms with Crippen molar-refractivity contribution in [2.24, 2.45) is 0 Å². The highest BCUT2D eigenvalue weighted by atomic mass is 35.5. The molecule has 114 valence electrons. The van der Waals surface area contributed by atoms with Gasteiger partial charge in [-0.15, -0.1) is 0 Å². The highest BCUT2D eigenvalue weighted by Crippen LogP contribution is 2.22. The minimum Gasteiger partial charge on any atom is -0.339 e. The van der Waals surface area contributed by atoms with Gasteiger partial charge in [0.05, 0.1) is 5.92 Å². The molecule has 0 saturated heterocycles. The van der Waals surface area contributed by atoms with Gasteiger partial charge < -0.3 is 9.84 Å². The van der Waals surface area contributed by atoms with E-state index in [9.17, 15) is 4.39 Å². The summed E-state index contributed by atoms with van der Waals surface area (Å²) < 4.78 is 18.4. The van der Waals surface area contributed by atoms with Crippen molar-refractivity contribution >= 4 is 11.6 Å². The Hall–Kier alpha value is -1.46. The average molecular weight is 312 g/mol. The highest BCUT2D eigenvalue weighted by Gasteiger charge is 2.21. The quantitative estimate of drug-likeness (QED) is 0.886. The van der Waals surface area contributed by atoms with Gasteiger partial charge in [-0.25, -0.2) is 4.39 Å². The molecule has 2 rings (SSSR count). The summed E-state index contributed by atoms with van der Waals surface area (Å²) >= 11 is 6.01. The van der Waals surface area contributed by atoms with E-state index in [1.54, 1.807) is 6.07 Å². The van der Waals surface area contributed by atoms with Crippen LogP contribution in [0.5, 0.6) is 0 Å². The van der Waals surface area contributed by atoms with Gasteiger partial charge in [0.1, 0.15) is 5.82 Å². The molecule has 0 aliphatic rings. The number of nitrogens with zero attached hydrogens (tertiary/aromatic N) is 2. The second-order valence-electron chi connectivity index (χ2n) is 5.05. The Morgan fingerprint density at radius 2 is 2.19 bits per heavy atom. The van der Waals surface area contributed by atoms with E-state index in [4.69, 9.17) is 16.1 Å². The van der Waals surface area contributed by atoms with E-state index in [1.807, 2.05) is 14.0 Å². The third kappa shape index (κ3) is 3.80. The number of benzene rings is 1. The van der Waals surface area contributed by atoms with Crippen LogP contribution in [0.3, 0.4) is 0 Å². The lowest BCUT2D eigenvalue weighted by Crippen LogP contribution is -2.30. The first-order valence-corrected chi connectivity index (χ1v) is 7.36. The average Bonchev–Trinajstić information content (AvgIpc) is 2.92. The molecule has 0 radical (unpaired) electrons. The molecule has 2 unspecified atom stereocenters. The predicted octanol–water partition coefficient (Wildman–Crippen LogP) is 3.55. The third-order valence-corrected chi connectivity index (χ3v) is 4.00. The first-order valence-electron chi connectivity index (χ1n) is 6.98. The first-order chi connectivity index (χ1) is 10.0. The van der Waals surface area contributed by atoms with Crippen molar-refractivity contribution in [1.82, 2.24) is 15.5 Å². The zero-order valence-corrected chi connectivity index (χ0v) is 13.1. The zero-order valence-electron chi connectivity index (χ0n) is 12.4. The van der Waals surface area contributed by atoms with Gasteiger partial charge in [0.2, 0.25) is 5.89 Å². The Bertz CT molecular complexity index is 598. The van der Waals surface area contributed by atoms with Crippen LogP contribution in [0.15, 0.2) is 22.7 Å².